The van der Waals surface area contributed by atoms with E-state index in [9.17, 15) is 0 Å². The Kier molecular flexibility index (Phi) is 6.93. The number of nitrogens with one attached hydrogen (secondary N) is 2. The van der Waals surface area contributed by atoms with Crippen molar-refractivity contribution in [3.8, 4) is 5.75 Å². The normalized spacial score (nSPS) is 18.7. The van der Waals surface area contributed by atoms with Gasteiger partial charge in [0.15, 0.2) is 5.11 Å². The third-order valence-corrected chi connectivity index (χ3v) is 4.44. The van der Waals surface area contributed by atoms with Crippen molar-refractivity contribution >= 4 is 23.0 Å². The van der Waals surface area contributed by atoms with E-state index in [1.54, 1.807) is 7.11 Å². The van der Waals surface area contributed by atoms with E-state index in [1.807, 2.05) is 24.3 Å². The second-order valence-electron chi connectivity index (χ2n) is 5.84. The number of piperidine rings is 1. The average Bonchev–Trinajstić information content (AvgIpc) is 2.54. The molecule has 4 nitrogen and oxygen atoms in total. The molecule has 1 heterocycles. The van der Waals surface area contributed by atoms with Gasteiger partial charge in [-0.2, -0.15) is 0 Å². The summed E-state index contributed by atoms with van der Waals surface area (Å²) in [5.74, 6) is 0.847. The number of hydrogen-bond donors (Lipinski definition) is 2. The summed E-state index contributed by atoms with van der Waals surface area (Å²) >= 11 is 5.32. The quantitative estimate of drug-likeness (QED) is 0.621. The summed E-state index contributed by atoms with van der Waals surface area (Å²) in [5.41, 5.74) is 0.975. The zero-order valence-corrected chi connectivity index (χ0v) is 14.4. The van der Waals surface area contributed by atoms with Crippen LogP contribution in [0.15, 0.2) is 24.3 Å². The zero-order valence-electron chi connectivity index (χ0n) is 13.6. The molecule has 0 aliphatic carbocycles. The number of hydrogen-bond acceptors (Lipinski definition) is 3. The molecule has 0 spiro atoms. The van der Waals surface area contributed by atoms with Crippen molar-refractivity contribution in [3.05, 3.63) is 24.3 Å². The van der Waals surface area contributed by atoms with E-state index in [2.05, 4.69) is 22.5 Å². The summed E-state index contributed by atoms with van der Waals surface area (Å²) in [6.07, 6.45) is 5.18. The van der Waals surface area contributed by atoms with E-state index in [1.165, 1.54) is 25.8 Å². The van der Waals surface area contributed by atoms with Crippen LogP contribution in [0.1, 0.15) is 32.6 Å². The van der Waals surface area contributed by atoms with Gasteiger partial charge in [0, 0.05) is 24.8 Å². The fraction of sp³-hybridized carbons (Fsp3) is 0.588. The van der Waals surface area contributed by atoms with Crippen LogP contribution in [0.4, 0.5) is 5.69 Å². The fourth-order valence-electron chi connectivity index (χ4n) is 2.82. The highest BCUT2D eigenvalue weighted by molar-refractivity contribution is 7.80. The molecule has 0 saturated carbocycles. The van der Waals surface area contributed by atoms with E-state index in [0.717, 1.165) is 37.0 Å². The highest BCUT2D eigenvalue weighted by atomic mass is 32.1. The highest BCUT2D eigenvalue weighted by Gasteiger charge is 2.16. The van der Waals surface area contributed by atoms with Gasteiger partial charge in [0.1, 0.15) is 5.75 Å². The minimum Gasteiger partial charge on any atom is -0.497 e. The van der Waals surface area contributed by atoms with Crippen LogP contribution in [0.2, 0.25) is 0 Å². The molecule has 0 aromatic heterocycles. The number of nitrogens with zero attached hydrogens (tertiary/aromatic N) is 1. The maximum Gasteiger partial charge on any atom is 0.170 e. The Morgan fingerprint density at radius 3 is 2.77 bits per heavy atom. The van der Waals surface area contributed by atoms with E-state index in [0.29, 0.717) is 5.11 Å². The Balaban J connectivity index is 1.62. The van der Waals surface area contributed by atoms with Crippen LogP contribution in [0.25, 0.3) is 0 Å². The number of ether oxygens (including phenoxy) is 1. The van der Waals surface area contributed by atoms with Gasteiger partial charge >= 0.3 is 0 Å². The lowest BCUT2D eigenvalue weighted by Gasteiger charge is -2.33. The van der Waals surface area contributed by atoms with Gasteiger partial charge in [-0.05, 0) is 69.2 Å². The molecule has 1 fully saturated rings. The first-order valence-electron chi connectivity index (χ1n) is 8.12. The molecule has 1 atom stereocenters. The molecule has 1 aromatic rings. The smallest absolute Gasteiger partial charge is 0.170 e. The van der Waals surface area contributed by atoms with Crippen LogP contribution in [0, 0.1) is 0 Å². The molecule has 1 saturated heterocycles. The summed E-state index contributed by atoms with van der Waals surface area (Å²) in [6.45, 7) is 5.64. The monoisotopic (exact) mass is 321 g/mol. The maximum atomic E-state index is 5.32. The maximum absolute atomic E-state index is 5.32. The lowest BCUT2D eigenvalue weighted by Crippen LogP contribution is -2.39. The average molecular weight is 321 g/mol. The van der Waals surface area contributed by atoms with E-state index >= 15 is 0 Å². The first-order valence-corrected chi connectivity index (χ1v) is 8.53. The Labute approximate surface area is 139 Å². The summed E-state index contributed by atoms with van der Waals surface area (Å²) < 4.78 is 5.14. The topological polar surface area (TPSA) is 36.5 Å². The van der Waals surface area contributed by atoms with Crippen LogP contribution < -0.4 is 15.4 Å². The minimum absolute atomic E-state index is 0.678. The second-order valence-corrected chi connectivity index (χ2v) is 6.25. The molecular formula is C17H27N3OS. The first-order chi connectivity index (χ1) is 10.7. The predicted octanol–water partition coefficient (Wildman–Crippen LogP) is 3.25. The van der Waals surface area contributed by atoms with Crippen LogP contribution in [-0.2, 0) is 0 Å². The van der Waals surface area contributed by atoms with Gasteiger partial charge < -0.3 is 20.3 Å². The summed E-state index contributed by atoms with van der Waals surface area (Å²) in [5, 5.41) is 7.15. The van der Waals surface area contributed by atoms with Crippen LogP contribution >= 0.6 is 12.2 Å². The number of likely N-dealkylation sites (tertiary alicyclic amines) is 1. The second kappa shape index (κ2) is 8.96. The third kappa shape index (κ3) is 5.46. The van der Waals surface area contributed by atoms with E-state index < -0.39 is 0 Å². The van der Waals surface area contributed by atoms with Crippen molar-refractivity contribution in [2.45, 2.75) is 38.6 Å². The number of methoxy groups -OCH3 is 1. The third-order valence-electron chi connectivity index (χ3n) is 4.20. The molecule has 0 unspecified atom stereocenters. The molecule has 1 aliphatic rings. The molecule has 0 bridgehead atoms. The standard InChI is InChI=1S/C17H27N3OS/c1-14-6-3-4-12-20(14)13-5-11-18-17(22)19-15-7-9-16(21-2)10-8-15/h7-10,14H,3-6,11-13H2,1-2H3,(H2,18,19,22)/t14-/m0/s1. The molecule has 0 radical (unpaired) electrons. The molecule has 122 valence electrons. The Hall–Kier alpha value is -1.33. The number of benzene rings is 1. The van der Waals surface area contributed by atoms with Crippen molar-refractivity contribution in [1.82, 2.24) is 10.2 Å². The van der Waals surface area contributed by atoms with E-state index in [4.69, 9.17) is 17.0 Å². The lowest BCUT2D eigenvalue weighted by atomic mass is 10.0. The molecular weight excluding hydrogens is 294 g/mol. The SMILES string of the molecule is COc1ccc(NC(=S)NCCCN2CCCC[C@@H]2C)cc1. The molecule has 1 aliphatic heterocycles. The van der Waals surface area contributed by atoms with Crippen molar-refractivity contribution in [3.63, 3.8) is 0 Å². The van der Waals surface area contributed by atoms with Crippen LogP contribution in [0.5, 0.6) is 5.75 Å². The Morgan fingerprint density at radius 1 is 1.32 bits per heavy atom. The first kappa shape index (κ1) is 17.0. The van der Waals surface area contributed by atoms with Crippen LogP contribution in [-0.4, -0.2) is 42.8 Å². The minimum atomic E-state index is 0.678. The summed E-state index contributed by atoms with van der Waals surface area (Å²) in [4.78, 5) is 2.59. The van der Waals surface area contributed by atoms with Gasteiger partial charge in [0.05, 0.1) is 7.11 Å². The van der Waals surface area contributed by atoms with E-state index in [-0.39, 0.29) is 0 Å². The van der Waals surface area contributed by atoms with Gasteiger partial charge in [0.2, 0.25) is 0 Å². The summed E-state index contributed by atoms with van der Waals surface area (Å²) in [6, 6.07) is 8.49. The van der Waals surface area contributed by atoms with Crippen molar-refractivity contribution in [2.75, 3.05) is 32.1 Å². The summed E-state index contributed by atoms with van der Waals surface area (Å²) in [7, 11) is 1.66. The molecule has 1 aromatic carbocycles. The van der Waals surface area contributed by atoms with Gasteiger partial charge in [-0.25, -0.2) is 0 Å². The zero-order chi connectivity index (χ0) is 15.8. The number of anilines is 1. The predicted molar refractivity (Wildman–Crippen MR) is 96.7 cm³/mol. The van der Waals surface area contributed by atoms with Crippen molar-refractivity contribution < 1.29 is 4.74 Å². The molecule has 2 N–H and O–H groups in total. The Morgan fingerprint density at radius 2 is 2.09 bits per heavy atom. The fourth-order valence-corrected chi connectivity index (χ4v) is 3.04. The van der Waals surface area contributed by atoms with Gasteiger partial charge in [0.25, 0.3) is 0 Å². The number of thiocarbonyl (C=S) groups is 1. The largest absolute Gasteiger partial charge is 0.497 e. The van der Waals surface area contributed by atoms with Gasteiger partial charge in [-0.15, -0.1) is 0 Å². The van der Waals surface area contributed by atoms with Gasteiger partial charge in [-0.1, -0.05) is 6.42 Å². The highest BCUT2D eigenvalue weighted by Crippen LogP contribution is 2.16. The molecule has 2 rings (SSSR count). The molecule has 22 heavy (non-hydrogen) atoms. The molecule has 0 amide bonds. The van der Waals surface area contributed by atoms with Crippen molar-refractivity contribution in [1.29, 1.82) is 0 Å². The lowest BCUT2D eigenvalue weighted by molar-refractivity contribution is 0.159. The van der Waals surface area contributed by atoms with Crippen LogP contribution in [0.3, 0.4) is 0 Å². The van der Waals surface area contributed by atoms with Crippen molar-refractivity contribution in [2.24, 2.45) is 0 Å². The van der Waals surface area contributed by atoms with Gasteiger partial charge in [-0.3, -0.25) is 0 Å². The Bertz CT molecular complexity index is 463. The molecule has 5 heteroatoms. The number of rotatable bonds is 6.